The molecule has 0 spiro atoms. The van der Waals surface area contributed by atoms with Crippen molar-refractivity contribution in [2.24, 2.45) is 0 Å². The first-order chi connectivity index (χ1) is 19.6. The summed E-state index contributed by atoms with van der Waals surface area (Å²) >= 11 is 0. The first-order valence-corrected chi connectivity index (χ1v) is 13.6. The van der Waals surface area contributed by atoms with Gasteiger partial charge in [-0.2, -0.15) is 13.2 Å². The molecule has 1 aliphatic rings. The predicted molar refractivity (Wildman–Crippen MR) is 150 cm³/mol. The van der Waals surface area contributed by atoms with E-state index >= 15 is 0 Å². The minimum atomic E-state index is -4.39. The zero-order chi connectivity index (χ0) is 29.4. The van der Waals surface area contributed by atoms with Gasteiger partial charge in [0.05, 0.1) is 11.6 Å². The Bertz CT molecular complexity index is 1380. The molecular weight excluding hydrogens is 533 g/mol. The average molecular weight is 567 g/mol. The first-order valence-electron chi connectivity index (χ1n) is 13.6. The van der Waals surface area contributed by atoms with Crippen LogP contribution in [0.15, 0.2) is 72.8 Å². The van der Waals surface area contributed by atoms with E-state index in [1.807, 2.05) is 37.3 Å². The van der Waals surface area contributed by atoms with E-state index in [2.05, 4.69) is 16.0 Å². The van der Waals surface area contributed by atoms with Crippen LogP contribution in [0.25, 0.3) is 0 Å². The quantitative estimate of drug-likeness (QED) is 0.277. The Morgan fingerprint density at radius 2 is 1.66 bits per heavy atom. The van der Waals surface area contributed by atoms with Crippen LogP contribution in [0.2, 0.25) is 0 Å². The summed E-state index contributed by atoms with van der Waals surface area (Å²) in [5, 5.41) is 8.86. The molecule has 41 heavy (non-hydrogen) atoms. The standard InChI is InChI=1S/C31H33F3N4O3/c1-21(23-9-3-2-4-10-23)37-30(41)25-17-24(18-27(19-25)38-15-6-12-28(38)39)29(40)36-14-7-13-35-20-22-8-5-11-26(16-22)31(32,33)34/h2-5,8-11,16-19,21,35H,6-7,12-15,20H2,1H3,(H,36,40)(H,37,41)/t21-/m1/s1. The molecule has 1 aliphatic heterocycles. The van der Waals surface area contributed by atoms with E-state index in [1.165, 1.54) is 12.1 Å². The molecule has 0 aliphatic carbocycles. The average Bonchev–Trinajstić information content (AvgIpc) is 3.40. The number of alkyl halides is 3. The molecule has 1 heterocycles. The third-order valence-corrected chi connectivity index (χ3v) is 6.87. The minimum absolute atomic E-state index is 0.0570. The highest BCUT2D eigenvalue weighted by Crippen LogP contribution is 2.29. The highest BCUT2D eigenvalue weighted by Gasteiger charge is 2.30. The Hall–Kier alpha value is -4.18. The largest absolute Gasteiger partial charge is 0.416 e. The summed E-state index contributed by atoms with van der Waals surface area (Å²) in [6.07, 6.45) is -2.73. The maximum atomic E-state index is 13.2. The van der Waals surface area contributed by atoms with Gasteiger partial charge in [0.2, 0.25) is 5.91 Å². The third-order valence-electron chi connectivity index (χ3n) is 6.87. The van der Waals surface area contributed by atoms with Crippen LogP contribution >= 0.6 is 0 Å². The summed E-state index contributed by atoms with van der Waals surface area (Å²) in [7, 11) is 0. The summed E-state index contributed by atoms with van der Waals surface area (Å²) in [5.41, 5.74) is 1.80. The third kappa shape index (κ3) is 8.17. The van der Waals surface area contributed by atoms with Crippen LogP contribution in [0.4, 0.5) is 18.9 Å². The lowest BCUT2D eigenvalue weighted by molar-refractivity contribution is -0.137. The van der Waals surface area contributed by atoms with E-state index < -0.39 is 11.7 Å². The van der Waals surface area contributed by atoms with E-state index in [0.29, 0.717) is 50.1 Å². The molecule has 3 aromatic rings. The Morgan fingerprint density at radius 1 is 0.927 bits per heavy atom. The maximum absolute atomic E-state index is 13.2. The van der Waals surface area contributed by atoms with Gasteiger partial charge in [0.15, 0.2) is 0 Å². The molecule has 1 saturated heterocycles. The summed E-state index contributed by atoms with van der Waals surface area (Å²) in [4.78, 5) is 40.2. The molecule has 4 rings (SSSR count). The van der Waals surface area contributed by atoms with E-state index in [0.717, 1.165) is 17.7 Å². The molecule has 3 amide bonds. The summed E-state index contributed by atoms with van der Waals surface area (Å²) < 4.78 is 38.7. The van der Waals surface area contributed by atoms with Crippen LogP contribution < -0.4 is 20.9 Å². The zero-order valence-electron chi connectivity index (χ0n) is 22.8. The summed E-state index contributed by atoms with van der Waals surface area (Å²) in [5.74, 6) is -0.803. The van der Waals surface area contributed by atoms with E-state index in [9.17, 15) is 27.6 Å². The van der Waals surface area contributed by atoms with Crippen molar-refractivity contribution in [2.75, 3.05) is 24.5 Å². The van der Waals surface area contributed by atoms with Gasteiger partial charge < -0.3 is 20.9 Å². The van der Waals surface area contributed by atoms with Crippen molar-refractivity contribution in [2.45, 2.75) is 44.9 Å². The molecule has 7 nitrogen and oxygen atoms in total. The molecule has 0 aromatic heterocycles. The van der Waals surface area contributed by atoms with Gasteiger partial charge >= 0.3 is 6.18 Å². The number of nitrogens with zero attached hydrogens (tertiary/aromatic N) is 1. The number of benzene rings is 3. The van der Waals surface area contributed by atoms with Gasteiger partial charge in [-0.15, -0.1) is 0 Å². The van der Waals surface area contributed by atoms with Crippen LogP contribution in [-0.4, -0.2) is 37.4 Å². The molecule has 3 N–H and O–H groups in total. The van der Waals surface area contributed by atoms with Crippen molar-refractivity contribution < 1.29 is 27.6 Å². The number of amides is 3. The number of carbonyl (C=O) groups is 3. The summed E-state index contributed by atoms with van der Waals surface area (Å²) in [6.45, 7) is 3.44. The second-order valence-electron chi connectivity index (χ2n) is 10.0. The Kier molecular flexibility index (Phi) is 9.78. The highest BCUT2D eigenvalue weighted by molar-refractivity contribution is 6.03. The number of nitrogens with one attached hydrogen (secondary N) is 3. The fourth-order valence-electron chi connectivity index (χ4n) is 4.66. The molecule has 0 saturated carbocycles. The first kappa shape index (κ1) is 29.8. The van der Waals surface area contributed by atoms with Crippen LogP contribution in [-0.2, 0) is 17.5 Å². The molecule has 1 fully saturated rings. The topological polar surface area (TPSA) is 90.5 Å². The number of anilines is 1. The minimum Gasteiger partial charge on any atom is -0.352 e. The van der Waals surface area contributed by atoms with Crippen LogP contribution in [0.1, 0.15) is 69.6 Å². The van der Waals surface area contributed by atoms with Crippen LogP contribution in [0.3, 0.4) is 0 Å². The second-order valence-corrected chi connectivity index (χ2v) is 10.0. The van der Waals surface area contributed by atoms with Gasteiger partial charge in [0, 0.05) is 42.9 Å². The van der Waals surface area contributed by atoms with Crippen LogP contribution in [0.5, 0.6) is 0 Å². The Balaban J connectivity index is 1.36. The second kappa shape index (κ2) is 13.5. The van der Waals surface area contributed by atoms with Gasteiger partial charge in [-0.1, -0.05) is 48.5 Å². The van der Waals surface area contributed by atoms with Gasteiger partial charge in [0.25, 0.3) is 11.8 Å². The normalized spacial score (nSPS) is 14.1. The Labute approximate surface area is 237 Å². The lowest BCUT2D eigenvalue weighted by Crippen LogP contribution is -2.30. The monoisotopic (exact) mass is 566 g/mol. The highest BCUT2D eigenvalue weighted by atomic mass is 19.4. The van der Waals surface area contributed by atoms with Crippen molar-refractivity contribution in [3.05, 3.63) is 101 Å². The van der Waals surface area contributed by atoms with Gasteiger partial charge in [-0.05, 0) is 61.7 Å². The number of hydrogen-bond acceptors (Lipinski definition) is 4. The fourth-order valence-corrected chi connectivity index (χ4v) is 4.66. The van der Waals surface area contributed by atoms with Gasteiger partial charge in [-0.3, -0.25) is 14.4 Å². The van der Waals surface area contributed by atoms with Crippen molar-refractivity contribution in [1.82, 2.24) is 16.0 Å². The van der Waals surface area contributed by atoms with E-state index in [1.54, 1.807) is 23.1 Å². The van der Waals surface area contributed by atoms with Crippen molar-refractivity contribution in [1.29, 1.82) is 0 Å². The van der Waals surface area contributed by atoms with Crippen molar-refractivity contribution in [3.8, 4) is 0 Å². The van der Waals surface area contributed by atoms with E-state index in [-0.39, 0.29) is 41.4 Å². The summed E-state index contributed by atoms with van der Waals surface area (Å²) in [6, 6.07) is 19.1. The molecule has 216 valence electrons. The van der Waals surface area contributed by atoms with Gasteiger partial charge in [-0.25, -0.2) is 0 Å². The van der Waals surface area contributed by atoms with Crippen molar-refractivity contribution >= 4 is 23.4 Å². The van der Waals surface area contributed by atoms with E-state index in [4.69, 9.17) is 0 Å². The predicted octanol–water partition coefficient (Wildman–Crippen LogP) is 5.23. The maximum Gasteiger partial charge on any atom is 0.416 e. The molecule has 0 unspecified atom stereocenters. The zero-order valence-corrected chi connectivity index (χ0v) is 22.8. The van der Waals surface area contributed by atoms with Gasteiger partial charge in [0.1, 0.15) is 0 Å². The molecule has 10 heteroatoms. The fraction of sp³-hybridized carbons (Fsp3) is 0.323. The smallest absolute Gasteiger partial charge is 0.352 e. The van der Waals surface area contributed by atoms with Crippen LogP contribution in [0, 0.1) is 0 Å². The molecule has 0 bridgehead atoms. The molecular formula is C31H33F3N4O3. The lowest BCUT2D eigenvalue weighted by Gasteiger charge is -2.19. The Morgan fingerprint density at radius 3 is 2.34 bits per heavy atom. The number of halogens is 3. The molecule has 0 radical (unpaired) electrons. The number of carbonyl (C=O) groups excluding carboxylic acids is 3. The number of hydrogen-bond donors (Lipinski definition) is 3. The molecule has 1 atom stereocenters. The van der Waals surface area contributed by atoms with Crippen molar-refractivity contribution in [3.63, 3.8) is 0 Å². The molecule has 3 aromatic carbocycles. The lowest BCUT2D eigenvalue weighted by atomic mass is 10.0. The number of rotatable bonds is 11. The SMILES string of the molecule is C[C@@H](NC(=O)c1cc(C(=O)NCCCNCc2cccc(C(F)(F)F)c2)cc(N2CCCC2=O)c1)c1ccccc1.